The molecule has 4 aromatic carbocycles. The molecule has 8 heteroatoms. The third-order valence-corrected chi connectivity index (χ3v) is 10.2. The maximum Gasteiger partial charge on any atom is 0.264 e. The SMILES string of the molecule is Cc1cccc(CN(C(=O)CN(c2ccccc2C)S(=O)(=O)c2ccccc2)C(Cc2ccccc2)C(=O)NC2CCCC2)c1. The van der Waals surface area contributed by atoms with Gasteiger partial charge in [-0.1, -0.05) is 109 Å². The molecule has 1 unspecified atom stereocenters. The Hall–Kier alpha value is -4.43. The normalized spacial score (nSPS) is 14.1. The highest BCUT2D eigenvalue weighted by molar-refractivity contribution is 7.92. The van der Waals surface area contributed by atoms with E-state index in [-0.39, 0.29) is 23.4 Å². The monoisotopic (exact) mass is 623 g/mol. The van der Waals surface area contributed by atoms with Gasteiger partial charge in [0.15, 0.2) is 0 Å². The molecule has 1 N–H and O–H groups in total. The van der Waals surface area contributed by atoms with E-state index in [9.17, 15) is 18.0 Å². The summed E-state index contributed by atoms with van der Waals surface area (Å²) >= 11 is 0. The van der Waals surface area contributed by atoms with Gasteiger partial charge in [-0.2, -0.15) is 0 Å². The van der Waals surface area contributed by atoms with Gasteiger partial charge in [0.2, 0.25) is 11.8 Å². The van der Waals surface area contributed by atoms with Gasteiger partial charge in [0.25, 0.3) is 10.0 Å². The fraction of sp³-hybridized carbons (Fsp3) is 0.297. The number of aryl methyl sites for hydroxylation is 2. The first-order valence-corrected chi connectivity index (χ1v) is 17.0. The molecule has 2 amide bonds. The Balaban J connectivity index is 1.57. The highest BCUT2D eigenvalue weighted by Gasteiger charge is 2.35. The van der Waals surface area contributed by atoms with Gasteiger partial charge in [-0.25, -0.2) is 8.42 Å². The zero-order valence-corrected chi connectivity index (χ0v) is 26.7. The predicted octanol–water partition coefficient (Wildman–Crippen LogP) is 6.20. The molecule has 4 aromatic rings. The number of carbonyl (C=O) groups excluding carboxylic acids is 2. The molecule has 1 saturated carbocycles. The summed E-state index contributed by atoms with van der Waals surface area (Å²) in [5.41, 5.74) is 3.94. The number of carbonyl (C=O) groups is 2. The highest BCUT2D eigenvalue weighted by atomic mass is 32.2. The van der Waals surface area contributed by atoms with Crippen molar-refractivity contribution >= 4 is 27.5 Å². The van der Waals surface area contributed by atoms with Gasteiger partial charge in [-0.05, 0) is 61.6 Å². The van der Waals surface area contributed by atoms with Gasteiger partial charge in [-0.15, -0.1) is 0 Å². The van der Waals surface area contributed by atoms with Crippen LogP contribution < -0.4 is 9.62 Å². The maximum absolute atomic E-state index is 14.6. The van der Waals surface area contributed by atoms with Crippen LogP contribution in [-0.4, -0.2) is 43.8 Å². The number of amides is 2. The number of hydrogen-bond donors (Lipinski definition) is 1. The van der Waals surface area contributed by atoms with E-state index in [1.807, 2.05) is 80.6 Å². The van der Waals surface area contributed by atoms with Crippen LogP contribution in [0.5, 0.6) is 0 Å². The van der Waals surface area contributed by atoms with E-state index in [1.165, 1.54) is 16.4 Å². The Morgan fingerprint density at radius 2 is 1.42 bits per heavy atom. The summed E-state index contributed by atoms with van der Waals surface area (Å²) in [6.45, 7) is 3.50. The van der Waals surface area contributed by atoms with Gasteiger partial charge in [0, 0.05) is 19.0 Å². The first-order valence-electron chi connectivity index (χ1n) is 15.5. The van der Waals surface area contributed by atoms with Crippen LogP contribution in [0.15, 0.2) is 114 Å². The Kier molecular flexibility index (Phi) is 10.4. The lowest BCUT2D eigenvalue weighted by Crippen LogP contribution is -2.54. The zero-order chi connectivity index (χ0) is 31.8. The van der Waals surface area contributed by atoms with Crippen LogP contribution in [-0.2, 0) is 32.6 Å². The van der Waals surface area contributed by atoms with E-state index in [2.05, 4.69) is 5.32 Å². The number of para-hydroxylation sites is 1. The third kappa shape index (κ3) is 8.00. The Morgan fingerprint density at radius 3 is 2.09 bits per heavy atom. The molecule has 0 radical (unpaired) electrons. The lowest BCUT2D eigenvalue weighted by molar-refractivity contribution is -0.140. The predicted molar refractivity (Wildman–Crippen MR) is 178 cm³/mol. The quantitative estimate of drug-likeness (QED) is 0.204. The molecule has 1 atom stereocenters. The Bertz CT molecular complexity index is 1700. The number of nitrogens with one attached hydrogen (secondary N) is 1. The average Bonchev–Trinajstić information content (AvgIpc) is 3.56. The molecule has 0 aliphatic heterocycles. The van der Waals surface area contributed by atoms with Crippen molar-refractivity contribution in [2.45, 2.75) is 69.5 Å². The van der Waals surface area contributed by atoms with Gasteiger partial charge < -0.3 is 10.2 Å². The summed E-state index contributed by atoms with van der Waals surface area (Å²) < 4.78 is 29.5. The van der Waals surface area contributed by atoms with Gasteiger partial charge in [0.05, 0.1) is 10.6 Å². The number of rotatable bonds is 12. The first-order chi connectivity index (χ1) is 21.7. The largest absolute Gasteiger partial charge is 0.352 e. The van der Waals surface area contributed by atoms with Gasteiger partial charge in [-0.3, -0.25) is 13.9 Å². The van der Waals surface area contributed by atoms with Crippen LogP contribution in [0.3, 0.4) is 0 Å². The molecule has 0 aromatic heterocycles. The lowest BCUT2D eigenvalue weighted by atomic mass is 10.0. The summed E-state index contributed by atoms with van der Waals surface area (Å²) in [5, 5.41) is 3.22. The minimum absolute atomic E-state index is 0.0635. The number of benzene rings is 4. The second-order valence-electron chi connectivity index (χ2n) is 11.8. The molecule has 0 saturated heterocycles. The molecule has 5 rings (SSSR count). The molecule has 0 bridgehead atoms. The molecule has 0 heterocycles. The second kappa shape index (κ2) is 14.6. The number of anilines is 1. The van der Waals surface area contributed by atoms with Crippen molar-refractivity contribution in [1.29, 1.82) is 0 Å². The smallest absolute Gasteiger partial charge is 0.264 e. The average molecular weight is 624 g/mol. The summed E-state index contributed by atoms with van der Waals surface area (Å²) in [5.74, 6) is -0.679. The zero-order valence-electron chi connectivity index (χ0n) is 25.9. The van der Waals surface area contributed by atoms with Crippen molar-refractivity contribution in [2.24, 2.45) is 0 Å². The maximum atomic E-state index is 14.6. The minimum atomic E-state index is -4.12. The van der Waals surface area contributed by atoms with E-state index in [1.54, 1.807) is 35.2 Å². The molecular formula is C37H41N3O4S. The van der Waals surface area contributed by atoms with Crippen LogP contribution in [0.25, 0.3) is 0 Å². The fourth-order valence-corrected chi connectivity index (χ4v) is 7.50. The lowest BCUT2D eigenvalue weighted by Gasteiger charge is -2.34. The standard InChI is InChI=1S/C37H41N3O4S/c1-28-14-13-18-31(24-28)26-39(35(25-30-16-5-3-6-17-30)37(42)38-32-19-10-11-20-32)36(41)27-40(34-23-12-9-15-29(34)2)45(43,44)33-21-7-4-8-22-33/h3-9,12-18,21-24,32,35H,10-11,19-20,25-27H2,1-2H3,(H,38,42). The summed E-state index contributed by atoms with van der Waals surface area (Å²) in [7, 11) is -4.12. The molecule has 45 heavy (non-hydrogen) atoms. The molecular weight excluding hydrogens is 582 g/mol. The Morgan fingerprint density at radius 1 is 0.800 bits per heavy atom. The van der Waals surface area contributed by atoms with Gasteiger partial charge >= 0.3 is 0 Å². The van der Waals surface area contributed by atoms with E-state index < -0.39 is 28.5 Å². The molecule has 234 valence electrons. The Labute approximate surface area is 266 Å². The van der Waals surface area contributed by atoms with E-state index >= 15 is 0 Å². The third-order valence-electron chi connectivity index (χ3n) is 8.40. The van der Waals surface area contributed by atoms with Crippen molar-refractivity contribution < 1.29 is 18.0 Å². The highest BCUT2D eigenvalue weighted by Crippen LogP contribution is 2.28. The van der Waals surface area contributed by atoms with Gasteiger partial charge in [0.1, 0.15) is 12.6 Å². The minimum Gasteiger partial charge on any atom is -0.352 e. The number of sulfonamides is 1. The molecule has 0 spiro atoms. The fourth-order valence-electron chi connectivity index (χ4n) is 6.00. The van der Waals surface area contributed by atoms with E-state index in [0.29, 0.717) is 12.1 Å². The van der Waals surface area contributed by atoms with Crippen LogP contribution in [0.4, 0.5) is 5.69 Å². The van der Waals surface area contributed by atoms with E-state index in [4.69, 9.17) is 0 Å². The number of nitrogens with zero attached hydrogens (tertiary/aromatic N) is 2. The van der Waals surface area contributed by atoms with Crippen molar-refractivity contribution in [2.75, 3.05) is 10.8 Å². The van der Waals surface area contributed by atoms with Crippen LogP contribution in [0, 0.1) is 13.8 Å². The van der Waals surface area contributed by atoms with Crippen molar-refractivity contribution in [3.63, 3.8) is 0 Å². The molecule has 1 aliphatic carbocycles. The van der Waals surface area contributed by atoms with Crippen LogP contribution in [0.1, 0.15) is 47.9 Å². The molecule has 7 nitrogen and oxygen atoms in total. The van der Waals surface area contributed by atoms with Crippen molar-refractivity contribution in [1.82, 2.24) is 10.2 Å². The van der Waals surface area contributed by atoms with Crippen LogP contribution in [0.2, 0.25) is 0 Å². The summed E-state index contributed by atoms with van der Waals surface area (Å²) in [4.78, 5) is 30.4. The first kappa shape index (κ1) is 32.0. The van der Waals surface area contributed by atoms with Crippen molar-refractivity contribution in [3.8, 4) is 0 Å². The number of hydrogen-bond acceptors (Lipinski definition) is 4. The van der Waals surface area contributed by atoms with E-state index in [0.717, 1.165) is 47.9 Å². The summed E-state index contributed by atoms with van der Waals surface area (Å²) in [6.07, 6.45) is 4.23. The van der Waals surface area contributed by atoms with Crippen LogP contribution >= 0.6 is 0 Å². The molecule has 1 aliphatic rings. The molecule has 1 fully saturated rings. The topological polar surface area (TPSA) is 86.8 Å². The van der Waals surface area contributed by atoms with Crippen molar-refractivity contribution in [3.05, 3.63) is 131 Å². The second-order valence-corrected chi connectivity index (χ2v) is 13.7. The summed E-state index contributed by atoms with van der Waals surface area (Å²) in [6, 6.07) is 32.0.